The van der Waals surface area contributed by atoms with Crippen LogP contribution >= 0.6 is 12.4 Å². The lowest BCUT2D eigenvalue weighted by molar-refractivity contribution is 0.259. The minimum absolute atomic E-state index is 0. The maximum atomic E-state index is 6.33. The van der Waals surface area contributed by atoms with Gasteiger partial charge in [0.05, 0.1) is 26.9 Å². The highest BCUT2D eigenvalue weighted by Crippen LogP contribution is 2.39. The van der Waals surface area contributed by atoms with E-state index in [2.05, 4.69) is 4.90 Å². The molecule has 3 atom stereocenters. The molecule has 5 nitrogen and oxygen atoms in total. The van der Waals surface area contributed by atoms with Crippen LogP contribution in [0, 0.1) is 11.8 Å². The highest BCUT2D eigenvalue weighted by molar-refractivity contribution is 5.85. The molecule has 136 valence electrons. The van der Waals surface area contributed by atoms with Gasteiger partial charge in [-0.25, -0.2) is 0 Å². The van der Waals surface area contributed by atoms with Crippen LogP contribution in [-0.4, -0.2) is 45.4 Å². The molecule has 1 aromatic rings. The fourth-order valence-corrected chi connectivity index (χ4v) is 4.20. The summed E-state index contributed by atoms with van der Waals surface area (Å²) >= 11 is 0. The number of ether oxygens (including phenoxy) is 3. The van der Waals surface area contributed by atoms with E-state index in [0.717, 1.165) is 48.4 Å². The molecule has 0 bridgehead atoms. The third-order valence-corrected chi connectivity index (χ3v) is 5.43. The summed E-state index contributed by atoms with van der Waals surface area (Å²) in [5.74, 6) is 3.77. The highest BCUT2D eigenvalue weighted by atomic mass is 35.5. The summed E-state index contributed by atoms with van der Waals surface area (Å²) in [6, 6.07) is 4.21. The van der Waals surface area contributed by atoms with Crippen molar-refractivity contribution in [3.8, 4) is 17.2 Å². The number of fused-ring (bicyclic) bond motifs is 1. The number of benzene rings is 1. The van der Waals surface area contributed by atoms with Gasteiger partial charge in [0.25, 0.3) is 0 Å². The number of likely N-dealkylation sites (tertiary alicyclic amines) is 1. The fraction of sp³-hybridized carbons (Fsp3) is 0.667. The molecule has 1 aromatic carbocycles. The van der Waals surface area contributed by atoms with Gasteiger partial charge in [0, 0.05) is 37.8 Å². The van der Waals surface area contributed by atoms with Gasteiger partial charge in [-0.05, 0) is 24.7 Å². The molecule has 1 aliphatic carbocycles. The number of methoxy groups -OCH3 is 3. The Kier molecular flexibility index (Phi) is 6.61. The van der Waals surface area contributed by atoms with E-state index in [4.69, 9.17) is 19.9 Å². The maximum Gasteiger partial charge on any atom is 0.130 e. The van der Waals surface area contributed by atoms with Crippen molar-refractivity contribution in [1.82, 2.24) is 4.90 Å². The standard InChI is InChI=1S/C18H28N2O3.ClH/c1-21-13-7-17(22-2)15(18(8-13)23-3)11-20-9-12-5-4-6-16(19)14(12)10-20;/h7-8,12,14,16H,4-6,9-11,19H2,1-3H3;1H. The van der Waals surface area contributed by atoms with Gasteiger partial charge < -0.3 is 19.9 Å². The van der Waals surface area contributed by atoms with Gasteiger partial charge in [-0.2, -0.15) is 0 Å². The van der Waals surface area contributed by atoms with Gasteiger partial charge in [0.15, 0.2) is 0 Å². The first kappa shape index (κ1) is 19.2. The Bertz CT molecular complexity index is 530. The second-order valence-corrected chi connectivity index (χ2v) is 6.72. The summed E-state index contributed by atoms with van der Waals surface area (Å²) in [5.41, 5.74) is 7.42. The lowest BCUT2D eigenvalue weighted by Gasteiger charge is -2.29. The zero-order chi connectivity index (χ0) is 16.4. The molecule has 2 aliphatic rings. The quantitative estimate of drug-likeness (QED) is 0.879. The molecule has 0 spiro atoms. The third kappa shape index (κ3) is 3.73. The Hall–Kier alpha value is -1.17. The molecular formula is C18H29ClN2O3. The normalized spacial score (nSPS) is 26.4. The number of nitrogens with zero attached hydrogens (tertiary/aromatic N) is 1. The molecule has 1 aliphatic heterocycles. The summed E-state index contributed by atoms with van der Waals surface area (Å²) < 4.78 is 16.5. The Morgan fingerprint density at radius 2 is 1.71 bits per heavy atom. The van der Waals surface area contributed by atoms with Crippen molar-refractivity contribution in [2.24, 2.45) is 17.6 Å². The average Bonchev–Trinajstić information content (AvgIpc) is 2.99. The first-order chi connectivity index (χ1) is 11.2. The first-order valence-electron chi connectivity index (χ1n) is 8.43. The van der Waals surface area contributed by atoms with Crippen LogP contribution in [0.25, 0.3) is 0 Å². The van der Waals surface area contributed by atoms with E-state index in [1.54, 1.807) is 21.3 Å². The van der Waals surface area contributed by atoms with Gasteiger partial charge in [0.2, 0.25) is 0 Å². The molecule has 0 radical (unpaired) electrons. The number of rotatable bonds is 5. The molecule has 0 amide bonds. The van der Waals surface area contributed by atoms with Crippen molar-refractivity contribution >= 4 is 12.4 Å². The Morgan fingerprint density at radius 1 is 1.04 bits per heavy atom. The summed E-state index contributed by atoms with van der Waals surface area (Å²) in [4.78, 5) is 2.49. The predicted molar refractivity (Wildman–Crippen MR) is 97.4 cm³/mol. The van der Waals surface area contributed by atoms with E-state index in [-0.39, 0.29) is 12.4 Å². The van der Waals surface area contributed by atoms with E-state index in [9.17, 15) is 0 Å². The molecule has 2 N–H and O–H groups in total. The lowest BCUT2D eigenvalue weighted by Crippen LogP contribution is -2.38. The van der Waals surface area contributed by atoms with Crippen molar-refractivity contribution < 1.29 is 14.2 Å². The second kappa shape index (κ2) is 8.28. The largest absolute Gasteiger partial charge is 0.496 e. The smallest absolute Gasteiger partial charge is 0.130 e. The molecule has 1 saturated heterocycles. The molecule has 0 aromatic heterocycles. The van der Waals surface area contributed by atoms with Gasteiger partial charge >= 0.3 is 0 Å². The molecule has 1 heterocycles. The molecular weight excluding hydrogens is 328 g/mol. The number of hydrogen-bond acceptors (Lipinski definition) is 5. The highest BCUT2D eigenvalue weighted by Gasteiger charge is 2.38. The molecule has 2 fully saturated rings. The van der Waals surface area contributed by atoms with E-state index < -0.39 is 0 Å². The minimum atomic E-state index is 0. The van der Waals surface area contributed by atoms with E-state index >= 15 is 0 Å². The summed E-state index contributed by atoms with van der Waals surface area (Å²) in [6.45, 7) is 3.02. The van der Waals surface area contributed by atoms with Gasteiger partial charge in [0.1, 0.15) is 17.2 Å². The van der Waals surface area contributed by atoms with Crippen LogP contribution in [0.15, 0.2) is 12.1 Å². The van der Waals surface area contributed by atoms with Crippen LogP contribution in [0.5, 0.6) is 17.2 Å². The average molecular weight is 357 g/mol. The number of nitrogens with two attached hydrogens (primary N) is 1. The van der Waals surface area contributed by atoms with Crippen LogP contribution in [0.3, 0.4) is 0 Å². The third-order valence-electron chi connectivity index (χ3n) is 5.43. The van der Waals surface area contributed by atoms with Crippen molar-refractivity contribution in [3.63, 3.8) is 0 Å². The number of hydrogen-bond donors (Lipinski definition) is 1. The van der Waals surface area contributed by atoms with Crippen LogP contribution < -0.4 is 19.9 Å². The predicted octanol–water partition coefficient (Wildman–Crippen LogP) is 2.69. The maximum absolute atomic E-state index is 6.33. The fourth-order valence-electron chi connectivity index (χ4n) is 4.20. The van der Waals surface area contributed by atoms with Gasteiger partial charge in [-0.1, -0.05) is 6.42 Å². The molecule has 3 rings (SSSR count). The Morgan fingerprint density at radius 3 is 2.25 bits per heavy atom. The Labute approximate surface area is 150 Å². The summed E-state index contributed by atoms with van der Waals surface area (Å²) in [6.07, 6.45) is 3.75. The van der Waals surface area contributed by atoms with E-state index in [1.807, 2.05) is 12.1 Å². The minimum Gasteiger partial charge on any atom is -0.496 e. The Balaban J connectivity index is 0.00000208. The second-order valence-electron chi connectivity index (χ2n) is 6.72. The van der Waals surface area contributed by atoms with Crippen molar-refractivity contribution in [2.45, 2.75) is 31.8 Å². The van der Waals surface area contributed by atoms with Crippen LogP contribution in [0.4, 0.5) is 0 Å². The molecule has 6 heteroatoms. The van der Waals surface area contributed by atoms with Crippen LogP contribution in [0.1, 0.15) is 24.8 Å². The van der Waals surface area contributed by atoms with Gasteiger partial charge in [-0.3, -0.25) is 4.90 Å². The zero-order valence-corrected chi connectivity index (χ0v) is 15.6. The summed E-state index contributed by atoms with van der Waals surface area (Å²) in [7, 11) is 5.04. The monoisotopic (exact) mass is 356 g/mol. The van der Waals surface area contributed by atoms with Crippen molar-refractivity contribution in [2.75, 3.05) is 34.4 Å². The first-order valence-corrected chi connectivity index (χ1v) is 8.43. The van der Waals surface area contributed by atoms with E-state index in [0.29, 0.717) is 12.0 Å². The van der Waals surface area contributed by atoms with Gasteiger partial charge in [-0.15, -0.1) is 12.4 Å². The molecule has 1 saturated carbocycles. The summed E-state index contributed by atoms with van der Waals surface area (Å²) in [5, 5.41) is 0. The molecule has 3 unspecified atom stereocenters. The van der Waals surface area contributed by atoms with Crippen molar-refractivity contribution in [1.29, 1.82) is 0 Å². The SMILES string of the molecule is COc1cc(OC)c(CN2CC3CCCC(N)C3C2)c(OC)c1.Cl. The van der Waals surface area contributed by atoms with Crippen LogP contribution in [-0.2, 0) is 6.54 Å². The van der Waals surface area contributed by atoms with E-state index in [1.165, 1.54) is 19.3 Å². The van der Waals surface area contributed by atoms with Crippen LogP contribution in [0.2, 0.25) is 0 Å². The topological polar surface area (TPSA) is 57.0 Å². The number of halogens is 1. The molecule has 24 heavy (non-hydrogen) atoms. The van der Waals surface area contributed by atoms with Crippen molar-refractivity contribution in [3.05, 3.63) is 17.7 Å². The zero-order valence-electron chi connectivity index (χ0n) is 14.8. The lowest BCUT2D eigenvalue weighted by atomic mass is 9.78.